The maximum atomic E-state index is 10.1. The van der Waals surface area contributed by atoms with Gasteiger partial charge < -0.3 is 10.0 Å². The number of nitrogens with zero attached hydrogens (tertiary/aromatic N) is 1. The van der Waals surface area contributed by atoms with Crippen molar-refractivity contribution >= 4 is 0 Å². The number of hydrogen-bond donors (Lipinski definition) is 1. The monoisotopic (exact) mass is 235 g/mol. The van der Waals surface area contributed by atoms with E-state index in [-0.39, 0.29) is 6.10 Å². The molecule has 96 valence electrons. The quantitative estimate of drug-likeness (QED) is 0.818. The van der Waals surface area contributed by atoms with Gasteiger partial charge in [-0.25, -0.2) is 0 Å². The van der Waals surface area contributed by atoms with Crippen LogP contribution < -0.4 is 0 Å². The predicted octanol–water partition coefficient (Wildman–Crippen LogP) is 3.15. The highest BCUT2D eigenvalue weighted by Gasteiger charge is 2.11. The first-order valence-electron chi connectivity index (χ1n) is 6.49. The van der Waals surface area contributed by atoms with Crippen LogP contribution in [-0.2, 0) is 0 Å². The first-order valence-corrected chi connectivity index (χ1v) is 6.49. The summed E-state index contributed by atoms with van der Waals surface area (Å²) in [4.78, 5) is 2.30. The summed E-state index contributed by atoms with van der Waals surface area (Å²) in [5.41, 5.74) is 2.24. The molecule has 0 aliphatic carbocycles. The van der Waals surface area contributed by atoms with Crippen LogP contribution in [0.3, 0.4) is 0 Å². The molecule has 0 heterocycles. The Bertz CT molecular complexity index is 337. The molecule has 1 N–H and O–H groups in total. The van der Waals surface area contributed by atoms with Crippen molar-refractivity contribution in [3.05, 3.63) is 35.4 Å². The average molecular weight is 235 g/mol. The Labute approximate surface area is 105 Å². The topological polar surface area (TPSA) is 23.5 Å². The highest BCUT2D eigenvalue weighted by molar-refractivity contribution is 5.23. The SMILES string of the molecule is CCC(C)N(C)CCC(O)c1cccc(C)c1. The number of aryl methyl sites for hydroxylation is 1. The molecule has 2 atom stereocenters. The lowest BCUT2D eigenvalue weighted by Gasteiger charge is -2.24. The lowest BCUT2D eigenvalue weighted by atomic mass is 10.0. The number of rotatable bonds is 6. The summed E-state index contributed by atoms with van der Waals surface area (Å²) < 4.78 is 0. The molecule has 1 rings (SSSR count). The summed E-state index contributed by atoms with van der Waals surface area (Å²) in [5, 5.41) is 10.1. The number of hydrogen-bond acceptors (Lipinski definition) is 2. The van der Waals surface area contributed by atoms with Crippen LogP contribution in [-0.4, -0.2) is 29.6 Å². The third-order valence-corrected chi connectivity index (χ3v) is 3.53. The lowest BCUT2D eigenvalue weighted by molar-refractivity contribution is 0.138. The molecule has 1 aromatic rings. The van der Waals surface area contributed by atoms with E-state index < -0.39 is 0 Å². The zero-order valence-corrected chi connectivity index (χ0v) is 11.5. The molecule has 2 unspecified atom stereocenters. The molecular weight excluding hydrogens is 210 g/mol. The standard InChI is InChI=1S/C15H25NO/c1-5-13(3)16(4)10-9-15(17)14-8-6-7-12(2)11-14/h6-8,11,13,15,17H,5,9-10H2,1-4H3. The highest BCUT2D eigenvalue weighted by Crippen LogP contribution is 2.18. The number of aliphatic hydroxyl groups is 1. The largest absolute Gasteiger partial charge is 0.388 e. The van der Waals surface area contributed by atoms with Gasteiger partial charge in [0.05, 0.1) is 6.10 Å². The second-order valence-electron chi connectivity index (χ2n) is 4.96. The van der Waals surface area contributed by atoms with Gasteiger partial charge in [0.2, 0.25) is 0 Å². The van der Waals surface area contributed by atoms with E-state index in [0.717, 1.165) is 24.9 Å². The minimum Gasteiger partial charge on any atom is -0.388 e. The molecule has 0 aliphatic heterocycles. The molecular formula is C15H25NO. The molecule has 2 nitrogen and oxygen atoms in total. The molecule has 2 heteroatoms. The van der Waals surface area contributed by atoms with E-state index in [9.17, 15) is 5.11 Å². The zero-order chi connectivity index (χ0) is 12.8. The Morgan fingerprint density at radius 2 is 2.06 bits per heavy atom. The third kappa shape index (κ3) is 4.49. The van der Waals surface area contributed by atoms with Crippen LogP contribution in [0.1, 0.15) is 43.9 Å². The smallest absolute Gasteiger partial charge is 0.0802 e. The van der Waals surface area contributed by atoms with Gasteiger partial charge in [0.15, 0.2) is 0 Å². The van der Waals surface area contributed by atoms with Gasteiger partial charge >= 0.3 is 0 Å². The van der Waals surface area contributed by atoms with Gasteiger partial charge in [-0.05, 0) is 39.3 Å². The second-order valence-corrected chi connectivity index (χ2v) is 4.96. The molecule has 0 radical (unpaired) electrons. The van der Waals surface area contributed by atoms with Crippen LogP contribution in [0.25, 0.3) is 0 Å². The Morgan fingerprint density at radius 1 is 1.35 bits per heavy atom. The minimum atomic E-state index is -0.346. The highest BCUT2D eigenvalue weighted by atomic mass is 16.3. The van der Waals surface area contributed by atoms with E-state index in [1.165, 1.54) is 5.56 Å². The number of aliphatic hydroxyl groups excluding tert-OH is 1. The van der Waals surface area contributed by atoms with Crippen molar-refractivity contribution < 1.29 is 5.11 Å². The van der Waals surface area contributed by atoms with Crippen molar-refractivity contribution in [1.29, 1.82) is 0 Å². The van der Waals surface area contributed by atoms with Crippen LogP contribution >= 0.6 is 0 Å². The second kappa shape index (κ2) is 6.77. The van der Waals surface area contributed by atoms with Crippen molar-refractivity contribution in [2.75, 3.05) is 13.6 Å². The van der Waals surface area contributed by atoms with Crippen molar-refractivity contribution in [3.63, 3.8) is 0 Å². The van der Waals surface area contributed by atoms with Gasteiger partial charge in [-0.1, -0.05) is 36.8 Å². The Kier molecular flexibility index (Phi) is 5.66. The molecule has 0 aromatic heterocycles. The molecule has 1 aromatic carbocycles. The maximum absolute atomic E-state index is 10.1. The maximum Gasteiger partial charge on any atom is 0.0802 e. The van der Waals surface area contributed by atoms with Gasteiger partial charge in [-0.2, -0.15) is 0 Å². The Hall–Kier alpha value is -0.860. The molecule has 0 bridgehead atoms. The average Bonchev–Trinajstić information content (AvgIpc) is 2.34. The molecule has 0 spiro atoms. The molecule has 0 aliphatic rings. The molecule has 0 saturated heterocycles. The predicted molar refractivity (Wildman–Crippen MR) is 73.1 cm³/mol. The Morgan fingerprint density at radius 3 is 2.65 bits per heavy atom. The van der Waals surface area contributed by atoms with Crippen LogP contribution in [0.2, 0.25) is 0 Å². The molecule has 17 heavy (non-hydrogen) atoms. The lowest BCUT2D eigenvalue weighted by Crippen LogP contribution is -2.30. The van der Waals surface area contributed by atoms with Crippen molar-refractivity contribution in [2.45, 2.75) is 45.8 Å². The van der Waals surface area contributed by atoms with Crippen LogP contribution in [0.15, 0.2) is 24.3 Å². The van der Waals surface area contributed by atoms with Crippen molar-refractivity contribution in [3.8, 4) is 0 Å². The van der Waals surface area contributed by atoms with E-state index in [2.05, 4.69) is 44.9 Å². The van der Waals surface area contributed by atoms with E-state index in [0.29, 0.717) is 6.04 Å². The van der Waals surface area contributed by atoms with Gasteiger partial charge in [0, 0.05) is 12.6 Å². The Balaban J connectivity index is 2.47. The third-order valence-electron chi connectivity index (χ3n) is 3.53. The molecule has 0 saturated carbocycles. The summed E-state index contributed by atoms with van der Waals surface area (Å²) in [6, 6.07) is 8.71. The van der Waals surface area contributed by atoms with Gasteiger partial charge in [-0.15, -0.1) is 0 Å². The minimum absolute atomic E-state index is 0.346. The van der Waals surface area contributed by atoms with E-state index in [1.54, 1.807) is 0 Å². The zero-order valence-electron chi connectivity index (χ0n) is 11.5. The first kappa shape index (κ1) is 14.2. The van der Waals surface area contributed by atoms with Crippen molar-refractivity contribution in [2.24, 2.45) is 0 Å². The number of benzene rings is 1. The van der Waals surface area contributed by atoms with Crippen LogP contribution in [0.4, 0.5) is 0 Å². The summed E-state index contributed by atoms with van der Waals surface area (Å²) in [7, 11) is 2.12. The van der Waals surface area contributed by atoms with Crippen molar-refractivity contribution in [1.82, 2.24) is 4.90 Å². The van der Waals surface area contributed by atoms with E-state index in [4.69, 9.17) is 0 Å². The summed E-state index contributed by atoms with van der Waals surface area (Å²) in [6.45, 7) is 7.41. The van der Waals surface area contributed by atoms with Crippen LogP contribution in [0, 0.1) is 6.92 Å². The fraction of sp³-hybridized carbons (Fsp3) is 0.600. The van der Waals surface area contributed by atoms with E-state index >= 15 is 0 Å². The van der Waals surface area contributed by atoms with Crippen LogP contribution in [0.5, 0.6) is 0 Å². The van der Waals surface area contributed by atoms with Gasteiger partial charge in [-0.3, -0.25) is 0 Å². The first-order chi connectivity index (χ1) is 8.04. The summed E-state index contributed by atoms with van der Waals surface area (Å²) in [6.07, 6.45) is 1.60. The fourth-order valence-corrected chi connectivity index (χ4v) is 1.90. The fourth-order valence-electron chi connectivity index (χ4n) is 1.90. The van der Waals surface area contributed by atoms with Gasteiger partial charge in [0.25, 0.3) is 0 Å². The molecule has 0 fully saturated rings. The van der Waals surface area contributed by atoms with E-state index in [1.807, 2.05) is 12.1 Å². The normalized spacial score (nSPS) is 14.9. The summed E-state index contributed by atoms with van der Waals surface area (Å²) in [5.74, 6) is 0. The van der Waals surface area contributed by atoms with Gasteiger partial charge in [0.1, 0.15) is 0 Å². The summed E-state index contributed by atoms with van der Waals surface area (Å²) >= 11 is 0. The molecule has 0 amide bonds.